The summed E-state index contributed by atoms with van der Waals surface area (Å²) >= 11 is 0. The van der Waals surface area contributed by atoms with E-state index in [2.05, 4.69) is 10.1 Å². The van der Waals surface area contributed by atoms with Crippen molar-refractivity contribution in [3.8, 4) is 0 Å². The number of nitrogens with two attached hydrogens (primary N) is 1. The SMILES string of the molecule is CC(C)c1noc(C(N)C(C)C)n1. The van der Waals surface area contributed by atoms with Crippen molar-refractivity contribution in [1.82, 2.24) is 10.1 Å². The Kier molecular flexibility index (Phi) is 3.03. The number of hydrogen-bond donors (Lipinski definition) is 1. The molecule has 2 N–H and O–H groups in total. The van der Waals surface area contributed by atoms with E-state index in [-0.39, 0.29) is 12.0 Å². The van der Waals surface area contributed by atoms with Crippen LogP contribution >= 0.6 is 0 Å². The summed E-state index contributed by atoms with van der Waals surface area (Å²) < 4.78 is 5.06. The van der Waals surface area contributed by atoms with Gasteiger partial charge < -0.3 is 10.3 Å². The minimum atomic E-state index is -0.153. The second kappa shape index (κ2) is 3.87. The first kappa shape index (κ1) is 10.2. The van der Waals surface area contributed by atoms with E-state index < -0.39 is 0 Å². The Morgan fingerprint density at radius 1 is 1.23 bits per heavy atom. The molecule has 1 aromatic rings. The van der Waals surface area contributed by atoms with E-state index in [1.54, 1.807) is 0 Å². The molecule has 13 heavy (non-hydrogen) atoms. The second-order valence-corrected chi connectivity index (χ2v) is 3.92. The third kappa shape index (κ3) is 2.28. The average molecular weight is 183 g/mol. The molecule has 0 saturated heterocycles. The number of rotatable bonds is 3. The van der Waals surface area contributed by atoms with Gasteiger partial charge in [-0.05, 0) is 5.92 Å². The fraction of sp³-hybridized carbons (Fsp3) is 0.778. The molecule has 1 atom stereocenters. The van der Waals surface area contributed by atoms with Gasteiger partial charge in [0.25, 0.3) is 0 Å². The molecule has 74 valence electrons. The Labute approximate surface area is 78.5 Å². The molecule has 0 aliphatic carbocycles. The maximum atomic E-state index is 5.86. The molecule has 4 nitrogen and oxygen atoms in total. The lowest BCUT2D eigenvalue weighted by Gasteiger charge is -2.09. The quantitative estimate of drug-likeness (QED) is 0.776. The standard InChI is InChI=1S/C9H17N3O/c1-5(2)7(10)9-11-8(6(3)4)12-13-9/h5-7H,10H2,1-4H3. The third-order valence-corrected chi connectivity index (χ3v) is 1.98. The minimum Gasteiger partial charge on any atom is -0.338 e. The van der Waals surface area contributed by atoms with Gasteiger partial charge in [-0.3, -0.25) is 0 Å². The molecule has 0 aromatic carbocycles. The Hall–Kier alpha value is -0.900. The molecule has 0 aliphatic rings. The largest absolute Gasteiger partial charge is 0.338 e. The van der Waals surface area contributed by atoms with Gasteiger partial charge in [0.2, 0.25) is 5.89 Å². The summed E-state index contributed by atoms with van der Waals surface area (Å²) in [4.78, 5) is 4.23. The molecular weight excluding hydrogens is 166 g/mol. The lowest BCUT2D eigenvalue weighted by Crippen LogP contribution is -2.17. The van der Waals surface area contributed by atoms with Crippen LogP contribution in [0.2, 0.25) is 0 Å². The van der Waals surface area contributed by atoms with Gasteiger partial charge in [-0.15, -0.1) is 0 Å². The van der Waals surface area contributed by atoms with Crippen LogP contribution in [0.3, 0.4) is 0 Å². The van der Waals surface area contributed by atoms with Gasteiger partial charge in [-0.25, -0.2) is 0 Å². The van der Waals surface area contributed by atoms with Crippen LogP contribution in [0.15, 0.2) is 4.52 Å². The monoisotopic (exact) mass is 183 g/mol. The molecule has 4 heteroatoms. The van der Waals surface area contributed by atoms with Crippen LogP contribution in [-0.2, 0) is 0 Å². The fourth-order valence-electron chi connectivity index (χ4n) is 0.902. The molecule has 0 aliphatic heterocycles. The van der Waals surface area contributed by atoms with Gasteiger partial charge >= 0.3 is 0 Å². The maximum Gasteiger partial charge on any atom is 0.243 e. The van der Waals surface area contributed by atoms with Gasteiger partial charge in [0, 0.05) is 5.92 Å². The van der Waals surface area contributed by atoms with Crippen molar-refractivity contribution in [2.24, 2.45) is 11.7 Å². The van der Waals surface area contributed by atoms with E-state index in [9.17, 15) is 0 Å². The molecule has 1 aromatic heterocycles. The highest BCUT2D eigenvalue weighted by Crippen LogP contribution is 2.18. The second-order valence-electron chi connectivity index (χ2n) is 3.92. The molecule has 0 radical (unpaired) electrons. The van der Waals surface area contributed by atoms with Crippen LogP contribution in [0.1, 0.15) is 51.4 Å². The molecule has 0 fully saturated rings. The first-order valence-electron chi connectivity index (χ1n) is 4.61. The van der Waals surface area contributed by atoms with E-state index in [0.717, 1.165) is 5.82 Å². The first-order chi connectivity index (χ1) is 6.02. The fourth-order valence-corrected chi connectivity index (χ4v) is 0.902. The van der Waals surface area contributed by atoms with E-state index >= 15 is 0 Å². The number of hydrogen-bond acceptors (Lipinski definition) is 4. The van der Waals surface area contributed by atoms with Crippen LogP contribution in [0.5, 0.6) is 0 Å². The van der Waals surface area contributed by atoms with Crippen molar-refractivity contribution in [3.63, 3.8) is 0 Å². The van der Waals surface area contributed by atoms with Crippen molar-refractivity contribution >= 4 is 0 Å². The van der Waals surface area contributed by atoms with Gasteiger partial charge in [0.1, 0.15) is 0 Å². The zero-order chi connectivity index (χ0) is 10.0. The summed E-state index contributed by atoms with van der Waals surface area (Å²) in [5.74, 6) is 1.88. The topological polar surface area (TPSA) is 64.9 Å². The summed E-state index contributed by atoms with van der Waals surface area (Å²) in [6.07, 6.45) is 0. The van der Waals surface area contributed by atoms with Gasteiger partial charge in [-0.1, -0.05) is 32.9 Å². The lowest BCUT2D eigenvalue weighted by atomic mass is 10.1. The molecular formula is C9H17N3O. The minimum absolute atomic E-state index is 0.153. The van der Waals surface area contributed by atoms with Crippen LogP contribution in [0.25, 0.3) is 0 Å². The number of nitrogens with zero attached hydrogens (tertiary/aromatic N) is 2. The first-order valence-corrected chi connectivity index (χ1v) is 4.61. The summed E-state index contributed by atoms with van der Waals surface area (Å²) in [6.45, 7) is 8.11. The highest BCUT2D eigenvalue weighted by atomic mass is 16.5. The summed E-state index contributed by atoms with van der Waals surface area (Å²) in [5, 5.41) is 3.85. The van der Waals surface area contributed by atoms with Crippen LogP contribution in [0, 0.1) is 5.92 Å². The van der Waals surface area contributed by atoms with Crippen molar-refractivity contribution < 1.29 is 4.52 Å². The molecule has 1 unspecified atom stereocenters. The molecule has 0 amide bonds. The maximum absolute atomic E-state index is 5.86. The highest BCUT2D eigenvalue weighted by Gasteiger charge is 2.18. The Morgan fingerprint density at radius 3 is 2.23 bits per heavy atom. The van der Waals surface area contributed by atoms with Crippen LogP contribution in [-0.4, -0.2) is 10.1 Å². The third-order valence-electron chi connectivity index (χ3n) is 1.98. The normalized spacial score (nSPS) is 14.1. The lowest BCUT2D eigenvalue weighted by molar-refractivity contribution is 0.321. The summed E-state index contributed by atoms with van der Waals surface area (Å²) in [5.41, 5.74) is 5.86. The predicted molar refractivity (Wildman–Crippen MR) is 50.2 cm³/mol. The Bertz CT molecular complexity index is 268. The Balaban J connectivity index is 2.79. The van der Waals surface area contributed by atoms with E-state index in [1.807, 2.05) is 27.7 Å². The van der Waals surface area contributed by atoms with Crippen molar-refractivity contribution in [3.05, 3.63) is 11.7 Å². The van der Waals surface area contributed by atoms with Crippen LogP contribution in [0.4, 0.5) is 0 Å². The highest BCUT2D eigenvalue weighted by molar-refractivity contribution is 4.96. The summed E-state index contributed by atoms with van der Waals surface area (Å²) in [6, 6.07) is -0.153. The smallest absolute Gasteiger partial charge is 0.243 e. The average Bonchev–Trinajstić information content (AvgIpc) is 2.50. The molecule has 0 bridgehead atoms. The van der Waals surface area contributed by atoms with Crippen LogP contribution < -0.4 is 5.73 Å². The molecule has 0 saturated carbocycles. The van der Waals surface area contributed by atoms with E-state index in [1.165, 1.54) is 0 Å². The predicted octanol–water partition coefficient (Wildman–Crippen LogP) is 1.85. The Morgan fingerprint density at radius 2 is 1.85 bits per heavy atom. The zero-order valence-corrected chi connectivity index (χ0v) is 8.61. The van der Waals surface area contributed by atoms with E-state index in [0.29, 0.717) is 11.8 Å². The number of aromatic nitrogens is 2. The summed E-state index contributed by atoms with van der Waals surface area (Å²) in [7, 11) is 0. The van der Waals surface area contributed by atoms with Gasteiger partial charge in [-0.2, -0.15) is 4.98 Å². The van der Waals surface area contributed by atoms with Gasteiger partial charge in [0.05, 0.1) is 6.04 Å². The molecule has 1 heterocycles. The van der Waals surface area contributed by atoms with E-state index in [4.69, 9.17) is 10.3 Å². The molecule has 0 spiro atoms. The van der Waals surface area contributed by atoms with Crippen molar-refractivity contribution in [2.75, 3.05) is 0 Å². The van der Waals surface area contributed by atoms with Crippen molar-refractivity contribution in [1.29, 1.82) is 0 Å². The van der Waals surface area contributed by atoms with Crippen molar-refractivity contribution in [2.45, 2.75) is 39.7 Å². The van der Waals surface area contributed by atoms with Gasteiger partial charge in [0.15, 0.2) is 5.82 Å². The molecule has 1 rings (SSSR count). The zero-order valence-electron chi connectivity index (χ0n) is 8.61.